The summed E-state index contributed by atoms with van der Waals surface area (Å²) in [7, 11) is 0. The lowest BCUT2D eigenvalue weighted by Gasteiger charge is -2.09. The molecule has 3 aromatic rings. The lowest BCUT2D eigenvalue weighted by atomic mass is 10.1. The highest BCUT2D eigenvalue weighted by Gasteiger charge is 2.14. The van der Waals surface area contributed by atoms with Crippen LogP contribution in [0.15, 0.2) is 103 Å². The van der Waals surface area contributed by atoms with Crippen LogP contribution in [0.1, 0.15) is 57.9 Å². The number of rotatable bonds is 22. The van der Waals surface area contributed by atoms with Crippen LogP contribution in [0, 0.1) is 0 Å². The predicted octanol–water partition coefficient (Wildman–Crippen LogP) is 7.85. The van der Waals surface area contributed by atoms with Crippen LogP contribution >= 0.6 is 0 Å². The van der Waals surface area contributed by atoms with Gasteiger partial charge >= 0.3 is 23.9 Å². The Balaban J connectivity index is 1.30. The predicted molar refractivity (Wildman–Crippen MR) is 194 cm³/mol. The summed E-state index contributed by atoms with van der Waals surface area (Å²) in [5.41, 5.74) is 3.19. The van der Waals surface area contributed by atoms with Crippen LogP contribution in [0.3, 0.4) is 0 Å². The molecule has 0 heterocycles. The number of hydrogen-bond donors (Lipinski definition) is 0. The second-order valence-corrected chi connectivity index (χ2v) is 11.5. The second-order valence-electron chi connectivity index (χ2n) is 11.5. The molecular weight excluding hydrogens is 652 g/mol. The van der Waals surface area contributed by atoms with E-state index in [0.29, 0.717) is 36.7 Å². The third kappa shape index (κ3) is 15.6. The van der Waals surface area contributed by atoms with E-state index in [1.807, 2.05) is 43.3 Å². The van der Waals surface area contributed by atoms with Gasteiger partial charge in [0.25, 0.3) is 0 Å². The van der Waals surface area contributed by atoms with Crippen molar-refractivity contribution in [3.63, 3.8) is 0 Å². The normalized spacial score (nSPS) is 10.6. The molecule has 0 aliphatic rings. The molecule has 0 N–H and O–H groups in total. The SMILES string of the molecule is C=C(C)C(=O)OCCOc1ccc(/C=C/C(=O)Oc2ccc(-c3ccc(OCCCCCCOC(=O)C(=C)CC(=O)OCCC)cc3)cc2)cc1. The van der Waals surface area contributed by atoms with E-state index >= 15 is 0 Å². The standard InChI is InChI=1S/C41H46O10/c1-5-24-48-39(43)29-31(4)41(45)49-26-9-7-6-8-25-46-36-19-13-33(14-20-36)34-15-21-37(22-16-34)51-38(42)23-12-32-10-17-35(18-11-32)47-27-28-50-40(44)30(2)3/h10-23H,2,4-9,24-29H2,1,3H3/b23-12+. The smallest absolute Gasteiger partial charge is 0.336 e. The van der Waals surface area contributed by atoms with E-state index in [1.54, 1.807) is 49.4 Å². The minimum absolute atomic E-state index is 0.102. The summed E-state index contributed by atoms with van der Waals surface area (Å²) >= 11 is 0. The number of carbonyl (C=O) groups excluding carboxylic acids is 4. The first-order chi connectivity index (χ1) is 24.6. The van der Waals surface area contributed by atoms with Crippen LogP contribution in [-0.2, 0) is 33.4 Å². The van der Waals surface area contributed by atoms with Crippen molar-refractivity contribution in [2.24, 2.45) is 0 Å². The van der Waals surface area contributed by atoms with Gasteiger partial charge in [-0.25, -0.2) is 14.4 Å². The summed E-state index contributed by atoms with van der Waals surface area (Å²) in [6.45, 7) is 12.1. The Hall–Kier alpha value is -5.64. The molecule has 0 spiro atoms. The third-order valence-electron chi connectivity index (χ3n) is 7.14. The zero-order chi connectivity index (χ0) is 36.8. The maximum atomic E-state index is 12.4. The molecule has 0 aliphatic heterocycles. The number of benzene rings is 3. The van der Waals surface area contributed by atoms with Gasteiger partial charge in [0.05, 0.1) is 26.2 Å². The number of hydrogen-bond acceptors (Lipinski definition) is 10. The summed E-state index contributed by atoms with van der Waals surface area (Å²) in [6.07, 6.45) is 6.95. The van der Waals surface area contributed by atoms with E-state index < -0.39 is 23.9 Å². The minimum atomic E-state index is -0.565. The van der Waals surface area contributed by atoms with Gasteiger partial charge in [0, 0.05) is 17.2 Å². The average Bonchev–Trinajstić information content (AvgIpc) is 3.13. The Labute approximate surface area is 299 Å². The van der Waals surface area contributed by atoms with Gasteiger partial charge in [-0.05, 0) is 98.2 Å². The Morgan fingerprint density at radius 3 is 1.76 bits per heavy atom. The van der Waals surface area contributed by atoms with Gasteiger partial charge in [0.15, 0.2) is 0 Å². The summed E-state index contributed by atoms with van der Waals surface area (Å²) in [6, 6.07) is 22.1. The van der Waals surface area contributed by atoms with Crippen LogP contribution in [-0.4, -0.2) is 56.9 Å². The second kappa shape index (κ2) is 22.2. The Morgan fingerprint density at radius 1 is 0.608 bits per heavy atom. The average molecular weight is 699 g/mol. The highest BCUT2D eigenvalue weighted by atomic mass is 16.6. The van der Waals surface area contributed by atoms with E-state index in [-0.39, 0.29) is 31.8 Å². The third-order valence-corrected chi connectivity index (χ3v) is 7.14. The first kappa shape index (κ1) is 39.8. The fraction of sp³-hybridized carbons (Fsp3) is 0.317. The molecule has 0 aliphatic carbocycles. The minimum Gasteiger partial charge on any atom is -0.494 e. The van der Waals surface area contributed by atoms with Gasteiger partial charge in [-0.2, -0.15) is 0 Å². The molecule has 10 nitrogen and oxygen atoms in total. The van der Waals surface area contributed by atoms with E-state index in [2.05, 4.69) is 13.2 Å². The Kier molecular flexibility index (Phi) is 17.3. The molecule has 0 unspecified atom stereocenters. The molecule has 51 heavy (non-hydrogen) atoms. The molecule has 10 heteroatoms. The molecule has 3 aromatic carbocycles. The summed E-state index contributed by atoms with van der Waals surface area (Å²) in [5.74, 6) is -0.187. The largest absolute Gasteiger partial charge is 0.494 e. The summed E-state index contributed by atoms with van der Waals surface area (Å²) in [4.78, 5) is 47.3. The first-order valence-corrected chi connectivity index (χ1v) is 16.9. The highest BCUT2D eigenvalue weighted by Crippen LogP contribution is 2.25. The number of unbranched alkanes of at least 4 members (excludes halogenated alkanes) is 3. The summed E-state index contributed by atoms with van der Waals surface area (Å²) < 4.78 is 32.0. The lowest BCUT2D eigenvalue weighted by molar-refractivity contribution is -0.146. The van der Waals surface area contributed by atoms with Crippen LogP contribution < -0.4 is 14.2 Å². The van der Waals surface area contributed by atoms with Crippen LogP contribution in [0.4, 0.5) is 0 Å². The lowest BCUT2D eigenvalue weighted by Crippen LogP contribution is -2.13. The van der Waals surface area contributed by atoms with Crippen molar-refractivity contribution in [2.75, 3.05) is 33.0 Å². The molecule has 0 saturated heterocycles. The molecule has 0 saturated carbocycles. The van der Waals surface area contributed by atoms with Gasteiger partial charge in [0.2, 0.25) is 0 Å². The molecule has 0 fully saturated rings. The molecular formula is C41H46O10. The molecule has 0 amide bonds. The monoisotopic (exact) mass is 698 g/mol. The Bertz CT molecular complexity index is 1620. The fourth-order valence-corrected chi connectivity index (χ4v) is 4.39. The molecule has 3 rings (SSSR count). The van der Waals surface area contributed by atoms with Gasteiger partial charge in [-0.1, -0.05) is 56.5 Å². The van der Waals surface area contributed by atoms with E-state index in [9.17, 15) is 19.2 Å². The van der Waals surface area contributed by atoms with Crippen LogP contribution in [0.25, 0.3) is 17.2 Å². The van der Waals surface area contributed by atoms with Crippen molar-refractivity contribution in [1.82, 2.24) is 0 Å². The van der Waals surface area contributed by atoms with Crippen LogP contribution in [0.5, 0.6) is 17.2 Å². The zero-order valence-corrected chi connectivity index (χ0v) is 29.4. The van der Waals surface area contributed by atoms with Crippen LogP contribution in [0.2, 0.25) is 0 Å². The molecule has 270 valence electrons. The van der Waals surface area contributed by atoms with Crippen molar-refractivity contribution in [1.29, 1.82) is 0 Å². The van der Waals surface area contributed by atoms with Crippen molar-refractivity contribution >= 4 is 30.0 Å². The molecule has 0 bridgehead atoms. The zero-order valence-electron chi connectivity index (χ0n) is 29.4. The van der Waals surface area contributed by atoms with Gasteiger partial charge in [0.1, 0.15) is 30.5 Å². The summed E-state index contributed by atoms with van der Waals surface area (Å²) in [5, 5.41) is 0. The molecule has 0 aromatic heterocycles. The van der Waals surface area contributed by atoms with E-state index in [0.717, 1.165) is 48.1 Å². The Morgan fingerprint density at radius 2 is 1.16 bits per heavy atom. The highest BCUT2D eigenvalue weighted by molar-refractivity contribution is 5.93. The number of carbonyl (C=O) groups is 4. The van der Waals surface area contributed by atoms with Crippen molar-refractivity contribution < 1.29 is 47.6 Å². The quantitative estimate of drug-likeness (QED) is 0.0337. The maximum Gasteiger partial charge on any atom is 0.336 e. The van der Waals surface area contributed by atoms with Gasteiger partial charge in [-0.15, -0.1) is 0 Å². The maximum absolute atomic E-state index is 12.4. The van der Waals surface area contributed by atoms with E-state index in [1.165, 1.54) is 6.08 Å². The number of ether oxygens (including phenoxy) is 6. The van der Waals surface area contributed by atoms with Crippen molar-refractivity contribution in [2.45, 2.75) is 52.4 Å². The fourth-order valence-electron chi connectivity index (χ4n) is 4.39. The van der Waals surface area contributed by atoms with Gasteiger partial charge < -0.3 is 28.4 Å². The number of esters is 4. The van der Waals surface area contributed by atoms with Gasteiger partial charge in [-0.3, -0.25) is 4.79 Å². The molecule has 0 radical (unpaired) electrons. The van der Waals surface area contributed by atoms with Crippen molar-refractivity contribution in [3.05, 3.63) is 109 Å². The van der Waals surface area contributed by atoms with Crippen molar-refractivity contribution in [3.8, 4) is 28.4 Å². The molecule has 0 atom stereocenters. The first-order valence-electron chi connectivity index (χ1n) is 16.9. The topological polar surface area (TPSA) is 124 Å². The van der Waals surface area contributed by atoms with E-state index in [4.69, 9.17) is 28.4 Å².